The summed E-state index contributed by atoms with van der Waals surface area (Å²) in [7, 11) is 1.35. The van der Waals surface area contributed by atoms with Crippen molar-refractivity contribution < 1.29 is 14.3 Å². The second-order valence-electron chi connectivity index (χ2n) is 8.04. The van der Waals surface area contributed by atoms with E-state index in [-0.39, 0.29) is 18.0 Å². The zero-order chi connectivity index (χ0) is 21.6. The Kier molecular flexibility index (Phi) is 6.54. The molecule has 6 nitrogen and oxygen atoms in total. The predicted octanol–water partition coefficient (Wildman–Crippen LogP) is 3.62. The summed E-state index contributed by atoms with van der Waals surface area (Å²) in [5, 5.41) is 6.00. The largest absolute Gasteiger partial charge is 0.465 e. The van der Waals surface area contributed by atoms with Crippen LogP contribution in [0.15, 0.2) is 48.5 Å². The van der Waals surface area contributed by atoms with Crippen molar-refractivity contribution in [3.8, 4) is 11.8 Å². The molecule has 0 aromatic heterocycles. The van der Waals surface area contributed by atoms with Crippen molar-refractivity contribution in [2.24, 2.45) is 0 Å². The summed E-state index contributed by atoms with van der Waals surface area (Å²) < 4.78 is 4.74. The zero-order valence-corrected chi connectivity index (χ0v) is 17.7. The Morgan fingerprint density at radius 3 is 2.32 bits per heavy atom. The normalized spacial score (nSPS) is 16.7. The van der Waals surface area contributed by atoms with Gasteiger partial charge in [0.05, 0.1) is 12.7 Å². The molecule has 2 amide bonds. The number of carbonyl (C=O) groups is 2. The van der Waals surface area contributed by atoms with Crippen molar-refractivity contribution in [1.82, 2.24) is 10.2 Å². The number of nitrogens with zero attached hydrogens (tertiary/aromatic N) is 1. The van der Waals surface area contributed by atoms with Gasteiger partial charge >= 0.3 is 12.0 Å². The molecule has 1 aliphatic carbocycles. The van der Waals surface area contributed by atoms with Crippen molar-refractivity contribution in [1.29, 1.82) is 0 Å². The average Bonchev–Trinajstić information content (AvgIpc) is 3.63. The molecule has 2 aromatic carbocycles. The van der Waals surface area contributed by atoms with Gasteiger partial charge in [-0.3, -0.25) is 0 Å². The number of hydrogen-bond acceptors (Lipinski definition) is 4. The molecular weight excluding hydrogens is 390 g/mol. The van der Waals surface area contributed by atoms with Crippen LogP contribution in [0.5, 0.6) is 0 Å². The first kappa shape index (κ1) is 21.0. The summed E-state index contributed by atoms with van der Waals surface area (Å²) in [6, 6.07) is 15.3. The molecule has 1 heterocycles. The number of rotatable bonds is 4. The van der Waals surface area contributed by atoms with E-state index in [1.54, 1.807) is 18.2 Å². The lowest BCUT2D eigenvalue weighted by Crippen LogP contribution is -2.46. The van der Waals surface area contributed by atoms with Gasteiger partial charge in [0.15, 0.2) is 0 Å². The van der Waals surface area contributed by atoms with Gasteiger partial charge in [0, 0.05) is 42.0 Å². The number of nitrogens with one attached hydrogen (secondary N) is 2. The number of ether oxygens (including phenoxy) is 1. The summed E-state index contributed by atoms with van der Waals surface area (Å²) in [6.45, 7) is 2.13. The Labute approximate surface area is 183 Å². The lowest BCUT2D eigenvalue weighted by Gasteiger charge is -2.32. The Morgan fingerprint density at radius 2 is 1.65 bits per heavy atom. The van der Waals surface area contributed by atoms with Crippen molar-refractivity contribution in [2.75, 3.05) is 25.5 Å². The summed E-state index contributed by atoms with van der Waals surface area (Å²) in [5.74, 6) is 5.75. The minimum absolute atomic E-state index is 0.180. The average molecular weight is 418 g/mol. The highest BCUT2D eigenvalue weighted by Gasteiger charge is 2.32. The van der Waals surface area contributed by atoms with Gasteiger partial charge in [-0.2, -0.15) is 0 Å². The summed E-state index contributed by atoms with van der Waals surface area (Å²) in [4.78, 5) is 26.6. The SMILES string of the molecule is COC(=O)c1cccc(C#Cc2cccc(NC(=O)NC3CCN(C4CC4)CC3)c2)c1. The molecule has 2 aromatic rings. The number of methoxy groups -OCH3 is 1. The molecule has 2 N–H and O–H groups in total. The number of esters is 1. The van der Waals surface area contributed by atoms with Gasteiger partial charge in [0.25, 0.3) is 0 Å². The first-order valence-electron chi connectivity index (χ1n) is 10.7. The molecule has 0 atom stereocenters. The van der Waals surface area contributed by atoms with E-state index in [0.717, 1.165) is 43.1 Å². The highest BCUT2D eigenvalue weighted by atomic mass is 16.5. The monoisotopic (exact) mass is 417 g/mol. The molecule has 0 bridgehead atoms. The van der Waals surface area contributed by atoms with Crippen LogP contribution in [-0.2, 0) is 4.74 Å². The lowest BCUT2D eigenvalue weighted by molar-refractivity contribution is 0.0600. The van der Waals surface area contributed by atoms with Crippen LogP contribution < -0.4 is 10.6 Å². The third kappa shape index (κ3) is 5.87. The molecule has 31 heavy (non-hydrogen) atoms. The van der Waals surface area contributed by atoms with E-state index < -0.39 is 0 Å². The topological polar surface area (TPSA) is 70.7 Å². The maximum Gasteiger partial charge on any atom is 0.337 e. The molecule has 0 radical (unpaired) electrons. The molecule has 1 saturated heterocycles. The van der Waals surface area contributed by atoms with Crippen LogP contribution in [0.25, 0.3) is 0 Å². The van der Waals surface area contributed by atoms with Crippen LogP contribution in [0.3, 0.4) is 0 Å². The van der Waals surface area contributed by atoms with Gasteiger partial charge in [-0.15, -0.1) is 0 Å². The molecule has 4 rings (SSSR count). The number of likely N-dealkylation sites (tertiary alicyclic amines) is 1. The number of anilines is 1. The van der Waals surface area contributed by atoms with Crippen LogP contribution in [0, 0.1) is 11.8 Å². The van der Waals surface area contributed by atoms with Crippen LogP contribution in [0.1, 0.15) is 47.2 Å². The third-order valence-corrected chi connectivity index (χ3v) is 5.68. The van der Waals surface area contributed by atoms with E-state index in [0.29, 0.717) is 11.3 Å². The van der Waals surface area contributed by atoms with E-state index >= 15 is 0 Å². The number of benzene rings is 2. The molecular formula is C25H27N3O3. The van der Waals surface area contributed by atoms with Gasteiger partial charge in [-0.25, -0.2) is 9.59 Å². The maximum absolute atomic E-state index is 12.4. The Morgan fingerprint density at radius 1 is 0.968 bits per heavy atom. The Bertz CT molecular complexity index is 1010. The number of hydrogen-bond donors (Lipinski definition) is 2. The zero-order valence-electron chi connectivity index (χ0n) is 17.7. The van der Waals surface area contributed by atoms with E-state index in [1.165, 1.54) is 20.0 Å². The molecule has 6 heteroatoms. The van der Waals surface area contributed by atoms with Gasteiger partial charge in [-0.05, 0) is 62.1 Å². The van der Waals surface area contributed by atoms with Gasteiger partial charge in [-0.1, -0.05) is 24.0 Å². The van der Waals surface area contributed by atoms with Gasteiger partial charge in [0.2, 0.25) is 0 Å². The fourth-order valence-corrected chi connectivity index (χ4v) is 3.86. The second kappa shape index (κ2) is 9.67. The minimum atomic E-state index is -0.390. The minimum Gasteiger partial charge on any atom is -0.465 e. The first-order chi connectivity index (χ1) is 15.1. The molecule has 0 spiro atoms. The van der Waals surface area contributed by atoms with Gasteiger partial charge in [0.1, 0.15) is 0 Å². The predicted molar refractivity (Wildman–Crippen MR) is 120 cm³/mol. The van der Waals surface area contributed by atoms with Crippen LogP contribution in [0.2, 0.25) is 0 Å². The number of carbonyl (C=O) groups excluding carboxylic acids is 2. The van der Waals surface area contributed by atoms with Crippen LogP contribution >= 0.6 is 0 Å². The van der Waals surface area contributed by atoms with Crippen molar-refractivity contribution in [3.63, 3.8) is 0 Å². The molecule has 160 valence electrons. The molecule has 2 aliphatic rings. The first-order valence-corrected chi connectivity index (χ1v) is 10.7. The third-order valence-electron chi connectivity index (χ3n) is 5.68. The standard InChI is InChI=1S/C25H27N3O3/c1-31-24(29)20-6-2-4-18(16-20)8-9-19-5-3-7-22(17-19)27-25(30)26-21-12-14-28(15-13-21)23-10-11-23/h2-7,16-17,21,23H,10-15H2,1H3,(H2,26,27,30). The number of urea groups is 1. The number of piperidine rings is 1. The van der Waals surface area contributed by atoms with E-state index in [9.17, 15) is 9.59 Å². The van der Waals surface area contributed by atoms with Crippen LogP contribution in [0.4, 0.5) is 10.5 Å². The van der Waals surface area contributed by atoms with E-state index in [4.69, 9.17) is 4.74 Å². The molecule has 0 unspecified atom stereocenters. The molecule has 1 saturated carbocycles. The van der Waals surface area contributed by atoms with Crippen LogP contribution in [-0.4, -0.2) is 49.2 Å². The highest BCUT2D eigenvalue weighted by Crippen LogP contribution is 2.29. The Balaban J connectivity index is 1.33. The van der Waals surface area contributed by atoms with Crippen molar-refractivity contribution in [3.05, 3.63) is 65.2 Å². The quantitative estimate of drug-likeness (QED) is 0.589. The fourth-order valence-electron chi connectivity index (χ4n) is 3.86. The van der Waals surface area contributed by atoms with Crippen molar-refractivity contribution in [2.45, 2.75) is 37.8 Å². The lowest BCUT2D eigenvalue weighted by atomic mass is 10.1. The highest BCUT2D eigenvalue weighted by molar-refractivity contribution is 5.90. The summed E-state index contributed by atoms with van der Waals surface area (Å²) >= 11 is 0. The summed E-state index contributed by atoms with van der Waals surface area (Å²) in [5.41, 5.74) is 2.66. The Hall–Kier alpha value is -3.30. The van der Waals surface area contributed by atoms with Gasteiger partial charge < -0.3 is 20.3 Å². The molecule has 1 aliphatic heterocycles. The maximum atomic E-state index is 12.4. The fraction of sp³-hybridized carbons (Fsp3) is 0.360. The van der Waals surface area contributed by atoms with Crippen molar-refractivity contribution >= 4 is 17.7 Å². The second-order valence-corrected chi connectivity index (χ2v) is 8.04. The van der Waals surface area contributed by atoms with E-state index in [1.807, 2.05) is 30.3 Å². The van der Waals surface area contributed by atoms with E-state index in [2.05, 4.69) is 27.4 Å². The number of amides is 2. The smallest absolute Gasteiger partial charge is 0.337 e. The molecule has 2 fully saturated rings. The summed E-state index contributed by atoms with van der Waals surface area (Å²) in [6.07, 6.45) is 4.66.